The Bertz CT molecular complexity index is 1230. The van der Waals surface area contributed by atoms with Gasteiger partial charge in [-0.25, -0.2) is 4.79 Å². The number of nitrogens with zero attached hydrogens (tertiary/aromatic N) is 3. The maximum Gasteiger partial charge on any atom is 0.389 e. The molecule has 226 valence electrons. The molecule has 3 rings (SSSR count). The lowest BCUT2D eigenvalue weighted by atomic mass is 10.0. The zero-order chi connectivity index (χ0) is 30.5. The Morgan fingerprint density at radius 2 is 1.98 bits per heavy atom. The number of nitrogens with one attached hydrogen (secondary N) is 2. The summed E-state index contributed by atoms with van der Waals surface area (Å²) in [6, 6.07) is 3.58. The molecule has 41 heavy (non-hydrogen) atoms. The van der Waals surface area contributed by atoms with E-state index < -0.39 is 43.1 Å². The number of ether oxygens (including phenoxy) is 1. The van der Waals surface area contributed by atoms with E-state index >= 15 is 0 Å². The molecule has 1 aliphatic rings. The van der Waals surface area contributed by atoms with Crippen molar-refractivity contribution in [3.63, 3.8) is 0 Å². The van der Waals surface area contributed by atoms with Crippen molar-refractivity contribution in [3.8, 4) is 5.75 Å². The highest BCUT2D eigenvalue weighted by Gasteiger charge is 2.32. The normalized spacial score (nSPS) is 18.4. The number of halogens is 3. The molecule has 2 heterocycles. The van der Waals surface area contributed by atoms with Crippen molar-refractivity contribution in [2.75, 3.05) is 37.4 Å². The Morgan fingerprint density at radius 1 is 1.27 bits per heavy atom. The zero-order valence-corrected chi connectivity index (χ0v) is 23.7. The zero-order valence-electron chi connectivity index (χ0n) is 23.7. The van der Waals surface area contributed by atoms with Crippen LogP contribution in [0, 0.1) is 19.8 Å². The van der Waals surface area contributed by atoms with Crippen molar-refractivity contribution in [1.82, 2.24) is 15.0 Å². The number of hydrogen-bond donors (Lipinski definition) is 3. The summed E-state index contributed by atoms with van der Waals surface area (Å²) >= 11 is 0. The van der Waals surface area contributed by atoms with Crippen LogP contribution in [0.2, 0.25) is 0 Å². The maximum absolute atomic E-state index is 13.3. The quantitative estimate of drug-likeness (QED) is 0.429. The molecule has 1 aromatic carbocycles. The van der Waals surface area contributed by atoms with E-state index in [1.807, 2.05) is 6.92 Å². The summed E-state index contributed by atoms with van der Waals surface area (Å²) in [4.78, 5) is 41.3. The molecule has 1 aromatic heterocycles. The molecule has 0 bridgehead atoms. The molecular formula is C27H36F3N5O6. The molecule has 4 amide bonds. The second kappa shape index (κ2) is 13.2. The highest BCUT2D eigenvalue weighted by atomic mass is 19.4. The summed E-state index contributed by atoms with van der Waals surface area (Å²) in [6.45, 7) is 7.05. The number of benzene rings is 1. The summed E-state index contributed by atoms with van der Waals surface area (Å²) in [5.41, 5.74) is 1.61. The van der Waals surface area contributed by atoms with Crippen LogP contribution < -0.4 is 15.4 Å². The van der Waals surface area contributed by atoms with E-state index in [1.54, 1.807) is 27.8 Å². The van der Waals surface area contributed by atoms with Crippen LogP contribution >= 0.6 is 0 Å². The van der Waals surface area contributed by atoms with E-state index in [-0.39, 0.29) is 43.6 Å². The third kappa shape index (κ3) is 8.59. The summed E-state index contributed by atoms with van der Waals surface area (Å²) in [5.74, 6) is -0.602. The van der Waals surface area contributed by atoms with E-state index in [1.165, 1.54) is 28.0 Å². The lowest BCUT2D eigenvalue weighted by Gasteiger charge is -2.34. The van der Waals surface area contributed by atoms with Crippen LogP contribution in [0.4, 0.5) is 29.3 Å². The highest BCUT2D eigenvalue weighted by Crippen LogP contribution is 2.30. The Balaban J connectivity index is 1.85. The molecule has 3 atom stereocenters. The Hall–Kier alpha value is -3.81. The van der Waals surface area contributed by atoms with Gasteiger partial charge < -0.3 is 34.8 Å². The number of urea groups is 1. The summed E-state index contributed by atoms with van der Waals surface area (Å²) in [5, 5.41) is 18.8. The topological polar surface area (TPSA) is 137 Å². The first-order chi connectivity index (χ1) is 19.2. The molecule has 0 aliphatic carbocycles. The average Bonchev–Trinajstić information content (AvgIpc) is 3.23. The van der Waals surface area contributed by atoms with Crippen LogP contribution in [0.25, 0.3) is 0 Å². The van der Waals surface area contributed by atoms with Gasteiger partial charge in [0.25, 0.3) is 0 Å². The summed E-state index contributed by atoms with van der Waals surface area (Å²) in [7, 11) is 1.59. The first-order valence-corrected chi connectivity index (χ1v) is 13.2. The monoisotopic (exact) mass is 583 g/mol. The number of aryl methyl sites for hydroxylation is 2. The molecule has 0 radical (unpaired) electrons. The SMILES string of the molecule is Cc1noc(C)c1NC(=O)N(C)C[C@H]1Oc2ccc(NC(=O)CCC(F)(F)F)cc2CC(=O)N([C@H](C)CO)C[C@@H]1C. The smallest absolute Gasteiger partial charge is 0.389 e. The number of aliphatic hydroxyl groups is 1. The number of amides is 4. The van der Waals surface area contributed by atoms with Crippen LogP contribution in [0.3, 0.4) is 0 Å². The van der Waals surface area contributed by atoms with E-state index in [0.717, 1.165) is 0 Å². The maximum atomic E-state index is 13.3. The average molecular weight is 584 g/mol. The summed E-state index contributed by atoms with van der Waals surface area (Å²) in [6.07, 6.45) is -7.18. The van der Waals surface area contributed by atoms with Gasteiger partial charge >= 0.3 is 12.2 Å². The van der Waals surface area contributed by atoms with E-state index in [9.17, 15) is 32.7 Å². The van der Waals surface area contributed by atoms with E-state index in [4.69, 9.17) is 9.26 Å². The second-order valence-electron chi connectivity index (χ2n) is 10.4. The van der Waals surface area contributed by atoms with Crippen molar-refractivity contribution >= 4 is 29.2 Å². The number of carbonyl (C=O) groups is 3. The second-order valence-corrected chi connectivity index (χ2v) is 10.4. The van der Waals surface area contributed by atoms with Crippen molar-refractivity contribution in [2.24, 2.45) is 5.92 Å². The predicted molar refractivity (Wildman–Crippen MR) is 144 cm³/mol. The minimum absolute atomic E-state index is 0.126. The van der Waals surface area contributed by atoms with E-state index in [2.05, 4.69) is 15.8 Å². The molecule has 1 aliphatic heterocycles. The molecule has 0 unspecified atom stereocenters. The minimum atomic E-state index is -4.46. The molecule has 0 fully saturated rings. The third-order valence-electron chi connectivity index (χ3n) is 6.90. The van der Waals surface area contributed by atoms with Gasteiger partial charge in [-0.1, -0.05) is 12.1 Å². The van der Waals surface area contributed by atoms with Crippen LogP contribution in [0.15, 0.2) is 22.7 Å². The number of rotatable bonds is 8. The number of aromatic nitrogens is 1. The standard InChI is InChI=1S/C27H36F3N5O6/c1-15-12-35(16(2)14-36)24(38)11-19-10-20(31-23(37)8-9-27(28,29)30)6-7-21(19)40-22(15)13-34(5)26(39)32-25-17(3)33-41-18(25)4/h6-7,10,15-16,22,36H,8-9,11-14H2,1-5H3,(H,31,37)(H,32,39)/t15-,16+,22+/m0/s1. The molecule has 3 N–H and O–H groups in total. The molecular weight excluding hydrogens is 547 g/mol. The van der Waals surface area contributed by atoms with E-state index in [0.29, 0.717) is 28.5 Å². The number of alkyl halides is 3. The van der Waals surface area contributed by atoms with Crippen molar-refractivity contribution < 1.29 is 41.9 Å². The van der Waals surface area contributed by atoms with Gasteiger partial charge in [0.15, 0.2) is 5.76 Å². The molecule has 11 nitrogen and oxygen atoms in total. The number of hydrogen-bond acceptors (Lipinski definition) is 7. The van der Waals surface area contributed by atoms with Crippen LogP contribution in [0.5, 0.6) is 5.75 Å². The van der Waals surface area contributed by atoms with Gasteiger partial charge in [0, 0.05) is 37.2 Å². The fourth-order valence-electron chi connectivity index (χ4n) is 4.42. The number of anilines is 2. The fourth-order valence-corrected chi connectivity index (χ4v) is 4.42. The number of fused-ring (bicyclic) bond motifs is 1. The Morgan fingerprint density at radius 3 is 2.59 bits per heavy atom. The number of likely N-dealkylation sites (N-methyl/N-ethyl adjacent to an activating group) is 1. The molecule has 2 aromatic rings. The van der Waals surface area contributed by atoms with Gasteiger partial charge in [0.05, 0.1) is 32.0 Å². The molecule has 14 heteroatoms. The number of carbonyl (C=O) groups excluding carboxylic acids is 3. The van der Waals surface area contributed by atoms with Crippen molar-refractivity contribution in [3.05, 3.63) is 35.2 Å². The summed E-state index contributed by atoms with van der Waals surface area (Å²) < 4.78 is 49.0. The van der Waals surface area contributed by atoms with Gasteiger partial charge in [0.1, 0.15) is 23.2 Å². The predicted octanol–water partition coefficient (Wildman–Crippen LogP) is 3.89. The van der Waals surface area contributed by atoms with Crippen molar-refractivity contribution in [1.29, 1.82) is 0 Å². The van der Waals surface area contributed by atoms with Crippen LogP contribution in [-0.4, -0.2) is 83.0 Å². The lowest BCUT2D eigenvalue weighted by molar-refractivity contribution is -0.142. The molecule has 0 saturated heterocycles. The lowest BCUT2D eigenvalue weighted by Crippen LogP contribution is -2.48. The first-order valence-electron chi connectivity index (χ1n) is 13.2. The van der Waals surface area contributed by atoms with Gasteiger partial charge in [-0.2, -0.15) is 13.2 Å². The first kappa shape index (κ1) is 31.7. The van der Waals surface area contributed by atoms with Gasteiger partial charge in [0.2, 0.25) is 11.8 Å². The van der Waals surface area contributed by atoms with Crippen LogP contribution in [0.1, 0.15) is 43.7 Å². The fraction of sp³-hybridized carbons (Fsp3) is 0.556. The Labute approximate surface area is 236 Å². The largest absolute Gasteiger partial charge is 0.488 e. The van der Waals surface area contributed by atoms with Gasteiger partial charge in [-0.15, -0.1) is 0 Å². The molecule has 0 saturated carbocycles. The van der Waals surface area contributed by atoms with Crippen LogP contribution in [-0.2, 0) is 16.0 Å². The number of aliphatic hydroxyl groups excluding tert-OH is 1. The minimum Gasteiger partial charge on any atom is -0.488 e. The van der Waals surface area contributed by atoms with Gasteiger partial charge in [-0.05, 0) is 39.0 Å². The molecule has 0 spiro atoms. The van der Waals surface area contributed by atoms with Crippen molar-refractivity contribution in [2.45, 2.75) is 65.3 Å². The highest BCUT2D eigenvalue weighted by molar-refractivity contribution is 5.91. The van der Waals surface area contributed by atoms with Gasteiger partial charge in [-0.3, -0.25) is 9.59 Å². The Kier molecular flexibility index (Phi) is 10.2. The third-order valence-corrected chi connectivity index (χ3v) is 6.90.